The molecule has 1 aliphatic heterocycles. The van der Waals surface area contributed by atoms with Gasteiger partial charge in [-0.15, -0.1) is 0 Å². The molecule has 1 aromatic heterocycles. The van der Waals surface area contributed by atoms with Gasteiger partial charge in [0.25, 0.3) is 5.91 Å². The average molecular weight is 568 g/mol. The number of carbonyl (C=O) groups is 2. The summed E-state index contributed by atoms with van der Waals surface area (Å²) in [4.78, 5) is 28.6. The van der Waals surface area contributed by atoms with Gasteiger partial charge in [-0.1, -0.05) is 35.6 Å². The zero-order chi connectivity index (χ0) is 24.3. The number of amides is 1. The van der Waals surface area contributed by atoms with Crippen molar-refractivity contribution in [1.29, 1.82) is 0 Å². The summed E-state index contributed by atoms with van der Waals surface area (Å²) in [6.07, 6.45) is 1.71. The second kappa shape index (κ2) is 10.3. The predicted octanol–water partition coefficient (Wildman–Crippen LogP) is 3.90. The molecule has 4 rings (SSSR count). The largest absolute Gasteiger partial charge is 0.456 e. The molecule has 0 radical (unpaired) electrons. The normalized spacial score (nSPS) is 16.0. The van der Waals surface area contributed by atoms with E-state index < -0.39 is 40.4 Å². The van der Waals surface area contributed by atoms with Crippen molar-refractivity contribution >= 4 is 54.3 Å². The first-order valence-corrected chi connectivity index (χ1v) is 13.2. The van der Waals surface area contributed by atoms with E-state index in [1.54, 1.807) is 12.1 Å². The number of hydrogen-bond donors (Lipinski definition) is 1. The van der Waals surface area contributed by atoms with Gasteiger partial charge in [0, 0.05) is 6.54 Å². The molecule has 8 nitrogen and oxygen atoms in total. The van der Waals surface area contributed by atoms with Crippen LogP contribution in [0.1, 0.15) is 23.6 Å². The Morgan fingerprint density at radius 1 is 1.21 bits per heavy atom. The Hall–Kier alpha value is -2.67. The van der Waals surface area contributed by atoms with Gasteiger partial charge in [0.1, 0.15) is 5.82 Å². The first-order valence-electron chi connectivity index (χ1n) is 10.2. The zero-order valence-electron chi connectivity index (χ0n) is 17.6. The summed E-state index contributed by atoms with van der Waals surface area (Å²) in [6, 6.07) is 11.0. The van der Waals surface area contributed by atoms with Crippen molar-refractivity contribution in [2.24, 2.45) is 0 Å². The smallest absolute Gasteiger partial charge is 0.308 e. The molecule has 0 bridgehead atoms. The summed E-state index contributed by atoms with van der Waals surface area (Å²) < 4.78 is 47.1. The Bertz CT molecular complexity index is 1310. The summed E-state index contributed by atoms with van der Waals surface area (Å²) in [5.74, 6) is -1.84. The Kier molecular flexibility index (Phi) is 7.41. The molecule has 1 aliphatic rings. The number of ether oxygens (including phenoxy) is 1. The molecule has 12 heteroatoms. The number of nitrogens with zero attached hydrogens (tertiary/aromatic N) is 2. The van der Waals surface area contributed by atoms with Crippen LogP contribution in [0.2, 0.25) is 0 Å². The fourth-order valence-electron chi connectivity index (χ4n) is 3.70. The van der Waals surface area contributed by atoms with E-state index in [1.165, 1.54) is 34.0 Å². The first-order chi connectivity index (χ1) is 16.2. The molecule has 1 unspecified atom stereocenters. The lowest BCUT2D eigenvalue weighted by Crippen LogP contribution is -2.41. The van der Waals surface area contributed by atoms with Crippen molar-refractivity contribution in [2.75, 3.05) is 18.5 Å². The van der Waals surface area contributed by atoms with Gasteiger partial charge in [-0.3, -0.25) is 14.9 Å². The number of hydrogen-bond acceptors (Lipinski definition) is 7. The molecule has 178 valence electrons. The number of benzene rings is 2. The second-order valence-electron chi connectivity index (χ2n) is 7.42. The van der Waals surface area contributed by atoms with E-state index in [2.05, 4.69) is 26.2 Å². The number of halogens is 2. The maximum atomic E-state index is 13.3. The minimum atomic E-state index is -4.02. The standard InChI is InChI=1S/C22H19BrFN3O5S2/c23-19-12-25-22(33-19)26-20(28)13-32-21(29)11-18-17-4-2-1-3-14(17)9-10-27(18)34(30,31)16-7-5-15(24)6-8-16/h1-8,12,18H,9-11,13H2,(H,25,26,28). The van der Waals surface area contributed by atoms with E-state index in [1.807, 2.05) is 12.1 Å². The highest BCUT2D eigenvalue weighted by Gasteiger charge is 2.37. The van der Waals surface area contributed by atoms with Crippen molar-refractivity contribution in [2.45, 2.75) is 23.8 Å². The summed E-state index contributed by atoms with van der Waals surface area (Å²) in [7, 11) is -4.02. The molecule has 3 aromatic rings. The predicted molar refractivity (Wildman–Crippen MR) is 127 cm³/mol. The summed E-state index contributed by atoms with van der Waals surface area (Å²) in [5.41, 5.74) is 1.62. The highest BCUT2D eigenvalue weighted by molar-refractivity contribution is 9.11. The third-order valence-corrected chi connectivity index (χ3v) is 8.55. The summed E-state index contributed by atoms with van der Waals surface area (Å²) >= 11 is 4.45. The topological polar surface area (TPSA) is 106 Å². The van der Waals surface area contributed by atoms with Crippen LogP contribution in [0.3, 0.4) is 0 Å². The zero-order valence-corrected chi connectivity index (χ0v) is 20.8. The van der Waals surface area contributed by atoms with E-state index in [0.717, 1.165) is 21.5 Å². The Morgan fingerprint density at radius 2 is 1.94 bits per heavy atom. The number of rotatable bonds is 7. The molecule has 0 saturated heterocycles. The lowest BCUT2D eigenvalue weighted by atomic mass is 9.92. The molecule has 2 heterocycles. The molecular formula is C22H19BrFN3O5S2. The van der Waals surface area contributed by atoms with E-state index >= 15 is 0 Å². The molecule has 1 atom stereocenters. The number of thiazole rings is 1. The molecule has 0 saturated carbocycles. The number of esters is 1. The Morgan fingerprint density at radius 3 is 2.65 bits per heavy atom. The van der Waals surface area contributed by atoms with Gasteiger partial charge in [-0.25, -0.2) is 17.8 Å². The van der Waals surface area contributed by atoms with Crippen LogP contribution in [0.5, 0.6) is 0 Å². The molecule has 34 heavy (non-hydrogen) atoms. The highest BCUT2D eigenvalue weighted by atomic mass is 79.9. The van der Waals surface area contributed by atoms with E-state index in [-0.39, 0.29) is 17.9 Å². The molecular weight excluding hydrogens is 549 g/mol. The lowest BCUT2D eigenvalue weighted by molar-refractivity contribution is -0.148. The fourth-order valence-corrected chi connectivity index (χ4v) is 6.43. The maximum Gasteiger partial charge on any atom is 0.308 e. The molecule has 0 aliphatic carbocycles. The molecule has 1 N–H and O–H groups in total. The van der Waals surface area contributed by atoms with Crippen LogP contribution in [0.4, 0.5) is 9.52 Å². The molecule has 0 spiro atoms. The van der Waals surface area contributed by atoms with Crippen molar-refractivity contribution in [1.82, 2.24) is 9.29 Å². The SMILES string of the molecule is O=C(COC(=O)CC1c2ccccc2CCN1S(=O)(=O)c1ccc(F)cc1)Nc1ncc(Br)s1. The van der Waals surface area contributed by atoms with Crippen LogP contribution >= 0.6 is 27.3 Å². The van der Waals surface area contributed by atoms with Gasteiger partial charge in [0.05, 0.1) is 27.3 Å². The number of anilines is 1. The van der Waals surface area contributed by atoms with E-state index in [9.17, 15) is 22.4 Å². The van der Waals surface area contributed by atoms with Crippen molar-refractivity contribution in [3.63, 3.8) is 0 Å². The second-order valence-corrected chi connectivity index (χ2v) is 11.7. The van der Waals surface area contributed by atoms with E-state index in [4.69, 9.17) is 4.74 Å². The minimum absolute atomic E-state index is 0.0689. The van der Waals surface area contributed by atoms with Gasteiger partial charge in [0.15, 0.2) is 11.7 Å². The number of nitrogens with one attached hydrogen (secondary N) is 1. The quantitative estimate of drug-likeness (QED) is 0.434. The van der Waals surface area contributed by atoms with Crippen LogP contribution in [0, 0.1) is 5.82 Å². The number of aromatic nitrogens is 1. The fraction of sp³-hybridized carbons (Fsp3) is 0.227. The van der Waals surface area contributed by atoms with Crippen molar-refractivity contribution < 1.29 is 27.1 Å². The Labute approximate surface area is 207 Å². The third kappa shape index (κ3) is 5.52. The van der Waals surface area contributed by atoms with E-state index in [0.29, 0.717) is 17.1 Å². The van der Waals surface area contributed by atoms with Crippen LogP contribution in [0.25, 0.3) is 0 Å². The van der Waals surface area contributed by atoms with Crippen LogP contribution in [-0.4, -0.2) is 42.7 Å². The number of carbonyl (C=O) groups excluding carboxylic acids is 2. The molecule has 2 aromatic carbocycles. The third-order valence-electron chi connectivity index (χ3n) is 5.23. The van der Waals surface area contributed by atoms with Crippen LogP contribution in [0.15, 0.2) is 63.4 Å². The molecule has 0 fully saturated rings. The van der Waals surface area contributed by atoms with Crippen molar-refractivity contribution in [3.05, 3.63) is 75.5 Å². The summed E-state index contributed by atoms with van der Waals surface area (Å²) in [5, 5.41) is 2.87. The van der Waals surface area contributed by atoms with Gasteiger partial charge < -0.3 is 4.74 Å². The van der Waals surface area contributed by atoms with Crippen LogP contribution < -0.4 is 5.32 Å². The summed E-state index contributed by atoms with van der Waals surface area (Å²) in [6.45, 7) is -0.386. The van der Waals surface area contributed by atoms with Gasteiger partial charge >= 0.3 is 5.97 Å². The Balaban J connectivity index is 1.50. The average Bonchev–Trinajstić information content (AvgIpc) is 3.22. The lowest BCUT2D eigenvalue weighted by Gasteiger charge is -2.36. The number of fused-ring (bicyclic) bond motifs is 1. The monoisotopic (exact) mass is 567 g/mol. The van der Waals surface area contributed by atoms with Gasteiger partial charge in [-0.2, -0.15) is 4.31 Å². The first kappa shape index (κ1) is 24.5. The highest BCUT2D eigenvalue weighted by Crippen LogP contribution is 2.36. The molecule has 1 amide bonds. The van der Waals surface area contributed by atoms with Gasteiger partial charge in [0.2, 0.25) is 10.0 Å². The number of sulfonamides is 1. The van der Waals surface area contributed by atoms with Crippen molar-refractivity contribution in [3.8, 4) is 0 Å². The maximum absolute atomic E-state index is 13.3. The minimum Gasteiger partial charge on any atom is -0.456 e. The van der Waals surface area contributed by atoms with Gasteiger partial charge in [-0.05, 0) is 57.7 Å². The van der Waals surface area contributed by atoms with Crippen LogP contribution in [-0.2, 0) is 30.8 Å².